The molecule has 6 rings (SSSR count). The molecule has 0 aromatic heterocycles. The summed E-state index contributed by atoms with van der Waals surface area (Å²) in [5, 5.41) is 18.4. The molecule has 0 radical (unpaired) electrons. The molecule has 0 spiro atoms. The lowest BCUT2D eigenvalue weighted by molar-refractivity contribution is 0.0796. The predicted octanol–water partition coefficient (Wildman–Crippen LogP) is 5.70. The number of para-hydroxylation sites is 3. The number of carbonyl (C=O) groups excluding carboxylic acids is 1. The number of phenolic OH excluding ortho intramolecular Hbond substituents is 1. The Balaban J connectivity index is 1.39. The molecule has 6 heteroatoms. The number of amides is 2. The predicted molar refractivity (Wildman–Crippen MR) is 140 cm³/mol. The van der Waals surface area contributed by atoms with Gasteiger partial charge in [0.15, 0.2) is 0 Å². The fraction of sp³-hybridized carbons (Fsp3) is 0.345. The average Bonchev–Trinajstić information content (AvgIpc) is 2.87. The molecular formula is C29H32N4O2. The van der Waals surface area contributed by atoms with Crippen LogP contribution in [-0.2, 0) is 11.8 Å². The number of rotatable bonds is 4. The molecule has 6 nitrogen and oxygen atoms in total. The van der Waals surface area contributed by atoms with Crippen molar-refractivity contribution in [3.05, 3.63) is 77.9 Å². The third-order valence-corrected chi connectivity index (χ3v) is 8.41. The summed E-state index contributed by atoms with van der Waals surface area (Å²) in [5.74, 6) is 0.908. The van der Waals surface area contributed by atoms with Crippen molar-refractivity contribution in [3.63, 3.8) is 0 Å². The van der Waals surface area contributed by atoms with E-state index in [9.17, 15) is 9.90 Å². The zero-order valence-corrected chi connectivity index (χ0v) is 19.8. The fourth-order valence-electron chi connectivity index (χ4n) is 6.95. The first-order chi connectivity index (χ1) is 17.1. The summed E-state index contributed by atoms with van der Waals surface area (Å²) in [7, 11) is 0. The first kappa shape index (κ1) is 22.0. The highest BCUT2D eigenvalue weighted by molar-refractivity contribution is 6.02. The summed E-state index contributed by atoms with van der Waals surface area (Å²) in [4.78, 5) is 14.0. The zero-order valence-electron chi connectivity index (χ0n) is 19.8. The van der Waals surface area contributed by atoms with E-state index in [0.29, 0.717) is 34.7 Å². The Bertz CT molecular complexity index is 1260. The topological polar surface area (TPSA) is 90.6 Å². The molecule has 35 heavy (non-hydrogen) atoms. The summed E-state index contributed by atoms with van der Waals surface area (Å²) in [6.07, 6.45) is 7.17. The second kappa shape index (κ2) is 8.61. The maximum atomic E-state index is 12.5. The minimum atomic E-state index is -0.568. The second-order valence-corrected chi connectivity index (χ2v) is 10.2. The highest BCUT2D eigenvalue weighted by Gasteiger charge is 2.51. The number of piperidine rings is 1. The minimum Gasteiger partial charge on any atom is -0.506 e. The van der Waals surface area contributed by atoms with Crippen LogP contribution in [0.25, 0.3) is 0 Å². The number of hydrogen-bond donors (Lipinski definition) is 4. The van der Waals surface area contributed by atoms with Crippen molar-refractivity contribution in [3.8, 4) is 5.75 Å². The standard InChI is InChI=1S/C29H32N4O2/c30-28(35)33(20-8-2-1-3-9-20)26-12-5-4-11-23(26)32-25-17-19-16-24-21-10-6-7-13-29(21,14-15-31-24)22(19)18-27(25)34/h1-5,8-9,11-12,17-18,21,24,31-32,34H,6-7,10,13-16H2,(H2,30,35)/t21-,24+,29+/m0/s1. The second-order valence-electron chi connectivity index (χ2n) is 10.2. The molecule has 1 saturated heterocycles. The molecule has 2 amide bonds. The Morgan fingerprint density at radius 1 is 1.03 bits per heavy atom. The molecule has 3 aliphatic rings. The molecular weight excluding hydrogens is 436 g/mol. The number of benzene rings is 3. The van der Waals surface area contributed by atoms with Gasteiger partial charge in [0.05, 0.1) is 22.7 Å². The van der Waals surface area contributed by atoms with Gasteiger partial charge in [-0.15, -0.1) is 0 Å². The van der Waals surface area contributed by atoms with Crippen LogP contribution in [-0.4, -0.2) is 23.7 Å². The highest BCUT2D eigenvalue weighted by atomic mass is 16.3. The molecule has 5 N–H and O–H groups in total. The smallest absolute Gasteiger partial charge is 0.323 e. The lowest BCUT2D eigenvalue weighted by Crippen LogP contribution is -2.59. The molecule has 2 aliphatic carbocycles. The number of carbonyl (C=O) groups is 1. The normalized spacial score (nSPS) is 24.7. The number of hydrogen-bond acceptors (Lipinski definition) is 4. The Kier molecular flexibility index (Phi) is 5.41. The van der Waals surface area contributed by atoms with Gasteiger partial charge in [-0.25, -0.2) is 4.79 Å². The Morgan fingerprint density at radius 3 is 2.66 bits per heavy atom. The van der Waals surface area contributed by atoms with Gasteiger partial charge < -0.3 is 21.5 Å². The number of nitrogens with zero attached hydrogens (tertiary/aromatic N) is 1. The SMILES string of the molecule is NC(=O)N(c1ccccc1)c1ccccc1Nc1cc2c(cc1O)[C@@]13CCCC[C@H]1[C@@H](C2)NCC3. The molecule has 3 aromatic carbocycles. The average molecular weight is 469 g/mol. The Labute approximate surface area is 206 Å². The largest absolute Gasteiger partial charge is 0.506 e. The molecule has 3 atom stereocenters. The quantitative estimate of drug-likeness (QED) is 0.370. The summed E-state index contributed by atoms with van der Waals surface area (Å²) in [6.45, 7) is 1.05. The van der Waals surface area contributed by atoms with Gasteiger partial charge in [-0.2, -0.15) is 0 Å². The fourth-order valence-corrected chi connectivity index (χ4v) is 6.95. The van der Waals surface area contributed by atoms with E-state index in [4.69, 9.17) is 5.73 Å². The van der Waals surface area contributed by atoms with E-state index in [1.54, 1.807) is 0 Å². The Hall–Kier alpha value is -3.51. The van der Waals surface area contributed by atoms with Crippen LogP contribution in [0.15, 0.2) is 66.7 Å². The van der Waals surface area contributed by atoms with E-state index in [2.05, 4.69) is 16.7 Å². The number of aromatic hydroxyl groups is 1. The maximum Gasteiger partial charge on any atom is 0.323 e. The van der Waals surface area contributed by atoms with Crippen molar-refractivity contribution in [2.45, 2.75) is 50.0 Å². The van der Waals surface area contributed by atoms with Gasteiger partial charge in [0.25, 0.3) is 0 Å². The first-order valence-corrected chi connectivity index (χ1v) is 12.7. The van der Waals surface area contributed by atoms with Crippen molar-refractivity contribution >= 4 is 28.8 Å². The zero-order chi connectivity index (χ0) is 24.0. The van der Waals surface area contributed by atoms with E-state index in [1.165, 1.54) is 41.7 Å². The Morgan fingerprint density at radius 2 is 1.83 bits per heavy atom. The van der Waals surface area contributed by atoms with Gasteiger partial charge in [0, 0.05) is 11.5 Å². The maximum absolute atomic E-state index is 12.5. The summed E-state index contributed by atoms with van der Waals surface area (Å²) in [5.41, 5.74) is 11.3. The van der Waals surface area contributed by atoms with Crippen LogP contribution in [0, 0.1) is 5.92 Å². The van der Waals surface area contributed by atoms with Crippen molar-refractivity contribution in [1.82, 2.24) is 5.32 Å². The number of phenols is 1. The number of nitrogens with two attached hydrogens (primary N) is 1. The number of nitrogens with one attached hydrogen (secondary N) is 2. The number of urea groups is 1. The number of primary amides is 1. The molecule has 3 aromatic rings. The van der Waals surface area contributed by atoms with Gasteiger partial charge in [-0.3, -0.25) is 4.90 Å². The number of fused-ring (bicyclic) bond motifs is 1. The molecule has 1 aliphatic heterocycles. The number of anilines is 4. The molecule has 2 fully saturated rings. The van der Waals surface area contributed by atoms with Crippen molar-refractivity contribution in [2.24, 2.45) is 11.7 Å². The van der Waals surface area contributed by atoms with Gasteiger partial charge in [-0.05, 0) is 85.7 Å². The van der Waals surface area contributed by atoms with Crippen LogP contribution < -0.4 is 21.3 Å². The molecule has 1 saturated carbocycles. The van der Waals surface area contributed by atoms with Crippen LogP contribution in [0.4, 0.5) is 27.5 Å². The molecule has 0 unspecified atom stereocenters. The minimum absolute atomic E-state index is 0.186. The van der Waals surface area contributed by atoms with E-state index in [1.807, 2.05) is 60.7 Å². The van der Waals surface area contributed by atoms with Crippen LogP contribution in [0.3, 0.4) is 0 Å². The van der Waals surface area contributed by atoms with Gasteiger partial charge in [0.1, 0.15) is 5.75 Å². The van der Waals surface area contributed by atoms with Crippen LogP contribution in [0.1, 0.15) is 43.2 Å². The summed E-state index contributed by atoms with van der Waals surface area (Å²) in [6, 6.07) is 21.0. The summed E-state index contributed by atoms with van der Waals surface area (Å²) < 4.78 is 0. The molecule has 2 bridgehead atoms. The molecule has 180 valence electrons. The lowest BCUT2D eigenvalue weighted by Gasteiger charge is -2.56. The van der Waals surface area contributed by atoms with Crippen molar-refractivity contribution in [1.29, 1.82) is 0 Å². The van der Waals surface area contributed by atoms with E-state index < -0.39 is 6.03 Å². The third-order valence-electron chi connectivity index (χ3n) is 8.41. The van der Waals surface area contributed by atoms with Crippen molar-refractivity contribution < 1.29 is 9.90 Å². The van der Waals surface area contributed by atoms with Gasteiger partial charge >= 0.3 is 6.03 Å². The van der Waals surface area contributed by atoms with Crippen LogP contribution >= 0.6 is 0 Å². The van der Waals surface area contributed by atoms with Crippen LogP contribution in [0.2, 0.25) is 0 Å². The van der Waals surface area contributed by atoms with E-state index in [0.717, 1.165) is 19.4 Å². The lowest BCUT2D eigenvalue weighted by atomic mass is 9.53. The van der Waals surface area contributed by atoms with E-state index >= 15 is 0 Å². The van der Waals surface area contributed by atoms with Crippen LogP contribution in [0.5, 0.6) is 5.75 Å². The summed E-state index contributed by atoms with van der Waals surface area (Å²) >= 11 is 0. The van der Waals surface area contributed by atoms with Gasteiger partial charge in [-0.1, -0.05) is 43.2 Å². The van der Waals surface area contributed by atoms with E-state index in [-0.39, 0.29) is 11.2 Å². The third kappa shape index (κ3) is 3.64. The molecule has 1 heterocycles. The van der Waals surface area contributed by atoms with Crippen molar-refractivity contribution in [2.75, 3.05) is 16.8 Å². The first-order valence-electron chi connectivity index (χ1n) is 12.7. The van der Waals surface area contributed by atoms with Gasteiger partial charge in [0.2, 0.25) is 0 Å². The monoisotopic (exact) mass is 468 g/mol. The highest BCUT2D eigenvalue weighted by Crippen LogP contribution is 2.55.